The smallest absolute Gasteiger partial charge is 0.114 e. The van der Waals surface area contributed by atoms with Crippen LogP contribution in [0.25, 0.3) is 11.0 Å². The zero-order chi connectivity index (χ0) is 14.2. The van der Waals surface area contributed by atoms with E-state index in [0.717, 1.165) is 24.3 Å². The van der Waals surface area contributed by atoms with Crippen molar-refractivity contribution in [2.75, 3.05) is 11.9 Å². The van der Waals surface area contributed by atoms with Crippen molar-refractivity contribution in [2.24, 2.45) is 7.05 Å². The highest BCUT2D eigenvalue weighted by Gasteiger charge is 2.11. The molecule has 1 aromatic heterocycles. The monoisotopic (exact) mass is 277 g/mol. The number of aryl methyl sites for hydroxylation is 2. The quantitative estimate of drug-likeness (QED) is 0.776. The summed E-state index contributed by atoms with van der Waals surface area (Å²) in [7, 11) is 2.10. The van der Waals surface area contributed by atoms with Gasteiger partial charge in [0.15, 0.2) is 0 Å². The van der Waals surface area contributed by atoms with Crippen LogP contribution in [0.3, 0.4) is 0 Å². The second kappa shape index (κ2) is 4.92. The molecule has 3 aromatic rings. The minimum Gasteiger partial charge on any atom is -0.385 e. The molecule has 106 valence electrons. The Bertz CT molecular complexity index is 801. The zero-order valence-corrected chi connectivity index (χ0v) is 12.3. The average molecular weight is 277 g/mol. The molecule has 3 nitrogen and oxygen atoms in total. The number of benzene rings is 2. The molecule has 1 N–H and O–H groups in total. The number of nitrogens with zero attached hydrogens (tertiary/aromatic N) is 2. The third kappa shape index (κ3) is 2.19. The molecular weight excluding hydrogens is 258 g/mol. The predicted octanol–water partition coefficient (Wildman–Crippen LogP) is 3.52. The molecule has 2 heterocycles. The van der Waals surface area contributed by atoms with Crippen LogP contribution in [-0.2, 0) is 19.9 Å². The van der Waals surface area contributed by atoms with Gasteiger partial charge in [-0.1, -0.05) is 24.3 Å². The molecule has 21 heavy (non-hydrogen) atoms. The van der Waals surface area contributed by atoms with E-state index in [9.17, 15) is 0 Å². The molecule has 0 saturated carbocycles. The van der Waals surface area contributed by atoms with Crippen LogP contribution in [0.5, 0.6) is 0 Å². The van der Waals surface area contributed by atoms with Gasteiger partial charge in [0.25, 0.3) is 0 Å². The molecule has 0 aliphatic carbocycles. The molecule has 1 aliphatic heterocycles. The summed E-state index contributed by atoms with van der Waals surface area (Å²) in [6.07, 6.45) is 3.30. The highest BCUT2D eigenvalue weighted by molar-refractivity contribution is 5.75. The maximum absolute atomic E-state index is 4.76. The van der Waals surface area contributed by atoms with E-state index in [1.165, 1.54) is 35.2 Å². The Morgan fingerprint density at radius 2 is 2.10 bits per heavy atom. The van der Waals surface area contributed by atoms with Crippen molar-refractivity contribution >= 4 is 16.7 Å². The Morgan fingerprint density at radius 1 is 1.19 bits per heavy atom. The van der Waals surface area contributed by atoms with Gasteiger partial charge in [-0.05, 0) is 42.2 Å². The average Bonchev–Trinajstić information content (AvgIpc) is 2.84. The van der Waals surface area contributed by atoms with Crippen molar-refractivity contribution in [3.05, 3.63) is 59.4 Å². The van der Waals surface area contributed by atoms with Crippen LogP contribution >= 0.6 is 0 Å². The Morgan fingerprint density at radius 3 is 3.00 bits per heavy atom. The minimum absolute atomic E-state index is 0.875. The van der Waals surface area contributed by atoms with Crippen LogP contribution in [0.2, 0.25) is 0 Å². The Balaban J connectivity index is 1.69. The number of rotatable bonds is 2. The summed E-state index contributed by atoms with van der Waals surface area (Å²) in [6.45, 7) is 1.09. The number of para-hydroxylation sites is 2. The standard InChI is InChI=1S/C18H19N3/c1-21-17-7-3-2-6-15(17)20-18(21)12-13-8-9-14-5-4-10-19-16(14)11-13/h2-3,6-9,11,19H,4-5,10,12H2,1H3. The number of aromatic nitrogens is 2. The maximum atomic E-state index is 4.76. The van der Waals surface area contributed by atoms with Crippen molar-refractivity contribution in [1.82, 2.24) is 9.55 Å². The lowest BCUT2D eigenvalue weighted by Crippen LogP contribution is -2.12. The lowest BCUT2D eigenvalue weighted by molar-refractivity contribution is 0.823. The Kier molecular flexibility index (Phi) is 2.92. The first kappa shape index (κ1) is 12.5. The molecule has 0 fully saturated rings. The summed E-state index contributed by atoms with van der Waals surface area (Å²) in [6, 6.07) is 15.1. The summed E-state index contributed by atoms with van der Waals surface area (Å²) in [4.78, 5) is 4.76. The Labute approximate surface area is 124 Å². The lowest BCUT2D eigenvalue weighted by Gasteiger charge is -2.18. The van der Waals surface area contributed by atoms with Gasteiger partial charge in [0.2, 0.25) is 0 Å². The highest BCUT2D eigenvalue weighted by Crippen LogP contribution is 2.25. The third-order valence-electron chi connectivity index (χ3n) is 4.35. The normalized spacial score (nSPS) is 14.0. The molecule has 0 saturated heterocycles. The van der Waals surface area contributed by atoms with E-state index >= 15 is 0 Å². The molecule has 0 atom stereocenters. The number of hydrogen-bond acceptors (Lipinski definition) is 2. The van der Waals surface area contributed by atoms with Gasteiger partial charge in [0.1, 0.15) is 5.82 Å². The van der Waals surface area contributed by atoms with Gasteiger partial charge >= 0.3 is 0 Å². The number of fused-ring (bicyclic) bond motifs is 2. The van der Waals surface area contributed by atoms with Crippen LogP contribution in [0.1, 0.15) is 23.4 Å². The van der Waals surface area contributed by atoms with Crippen molar-refractivity contribution in [1.29, 1.82) is 0 Å². The molecule has 0 radical (unpaired) electrons. The molecule has 4 rings (SSSR count). The second-order valence-corrected chi connectivity index (χ2v) is 5.77. The number of hydrogen-bond donors (Lipinski definition) is 1. The number of anilines is 1. The van der Waals surface area contributed by atoms with Gasteiger partial charge in [-0.15, -0.1) is 0 Å². The van der Waals surface area contributed by atoms with Gasteiger partial charge in [0.05, 0.1) is 11.0 Å². The fourth-order valence-corrected chi connectivity index (χ4v) is 3.15. The van der Waals surface area contributed by atoms with Gasteiger partial charge in [-0.2, -0.15) is 0 Å². The van der Waals surface area contributed by atoms with Gasteiger partial charge in [-0.25, -0.2) is 4.98 Å². The predicted molar refractivity (Wildman–Crippen MR) is 86.8 cm³/mol. The minimum atomic E-state index is 0.875. The molecule has 3 heteroatoms. The Hall–Kier alpha value is -2.29. The molecular formula is C18H19N3. The second-order valence-electron chi connectivity index (χ2n) is 5.77. The first-order valence-electron chi connectivity index (χ1n) is 7.57. The molecule has 0 amide bonds. The molecule has 1 aliphatic rings. The van der Waals surface area contributed by atoms with Crippen LogP contribution in [0, 0.1) is 0 Å². The van der Waals surface area contributed by atoms with Crippen molar-refractivity contribution in [3.63, 3.8) is 0 Å². The van der Waals surface area contributed by atoms with E-state index in [-0.39, 0.29) is 0 Å². The van der Waals surface area contributed by atoms with E-state index in [1.807, 2.05) is 6.07 Å². The van der Waals surface area contributed by atoms with Crippen LogP contribution in [-0.4, -0.2) is 16.1 Å². The maximum Gasteiger partial charge on any atom is 0.114 e. The van der Waals surface area contributed by atoms with E-state index in [0.29, 0.717) is 0 Å². The van der Waals surface area contributed by atoms with E-state index in [4.69, 9.17) is 4.98 Å². The topological polar surface area (TPSA) is 29.9 Å². The fraction of sp³-hybridized carbons (Fsp3) is 0.278. The van der Waals surface area contributed by atoms with Crippen molar-refractivity contribution in [2.45, 2.75) is 19.3 Å². The van der Waals surface area contributed by atoms with Crippen molar-refractivity contribution < 1.29 is 0 Å². The first-order valence-corrected chi connectivity index (χ1v) is 7.57. The van der Waals surface area contributed by atoms with Gasteiger partial charge in [-0.3, -0.25) is 0 Å². The number of nitrogens with one attached hydrogen (secondary N) is 1. The van der Waals surface area contributed by atoms with Crippen LogP contribution in [0.15, 0.2) is 42.5 Å². The molecule has 0 spiro atoms. The summed E-state index contributed by atoms with van der Waals surface area (Å²) in [5.41, 5.74) is 6.34. The zero-order valence-electron chi connectivity index (χ0n) is 12.3. The van der Waals surface area contributed by atoms with E-state index in [2.05, 4.69) is 53.3 Å². The number of imidazole rings is 1. The van der Waals surface area contributed by atoms with E-state index < -0.39 is 0 Å². The highest BCUT2D eigenvalue weighted by atomic mass is 15.1. The largest absolute Gasteiger partial charge is 0.385 e. The molecule has 0 bridgehead atoms. The lowest BCUT2D eigenvalue weighted by atomic mass is 10.00. The van der Waals surface area contributed by atoms with Gasteiger partial charge < -0.3 is 9.88 Å². The fourth-order valence-electron chi connectivity index (χ4n) is 3.15. The SMILES string of the molecule is Cn1c(Cc2ccc3c(c2)NCCC3)nc2ccccc21. The summed E-state index contributed by atoms with van der Waals surface area (Å²) in [5, 5.41) is 3.50. The van der Waals surface area contributed by atoms with E-state index in [1.54, 1.807) is 0 Å². The molecule has 0 unspecified atom stereocenters. The third-order valence-corrected chi connectivity index (χ3v) is 4.35. The van der Waals surface area contributed by atoms with Crippen LogP contribution in [0.4, 0.5) is 5.69 Å². The summed E-state index contributed by atoms with van der Waals surface area (Å²) >= 11 is 0. The van der Waals surface area contributed by atoms with Crippen molar-refractivity contribution in [3.8, 4) is 0 Å². The van der Waals surface area contributed by atoms with Crippen LogP contribution < -0.4 is 5.32 Å². The summed E-state index contributed by atoms with van der Waals surface area (Å²) in [5.74, 6) is 1.12. The van der Waals surface area contributed by atoms with Gasteiger partial charge in [0, 0.05) is 25.7 Å². The first-order chi connectivity index (χ1) is 10.3. The molecule has 2 aromatic carbocycles. The summed E-state index contributed by atoms with van der Waals surface area (Å²) < 4.78 is 2.20.